The maximum absolute atomic E-state index is 12.9. The highest BCUT2D eigenvalue weighted by Crippen LogP contribution is 2.40. The van der Waals surface area contributed by atoms with Crippen LogP contribution in [-0.4, -0.2) is 66.0 Å². The van der Waals surface area contributed by atoms with Crippen LogP contribution in [0.2, 0.25) is 0 Å². The molecule has 29 heavy (non-hydrogen) atoms. The second-order valence-electron chi connectivity index (χ2n) is 9.78. The molecule has 5 atom stereocenters. The van der Waals surface area contributed by atoms with E-state index in [2.05, 4.69) is 4.72 Å². The van der Waals surface area contributed by atoms with Crippen molar-refractivity contribution in [1.82, 2.24) is 14.5 Å². The van der Waals surface area contributed by atoms with Gasteiger partial charge in [0.05, 0.1) is 11.2 Å². The van der Waals surface area contributed by atoms with Gasteiger partial charge in [0.15, 0.2) is 0 Å². The zero-order valence-corrected chi connectivity index (χ0v) is 18.8. The fourth-order valence-corrected chi connectivity index (χ4v) is 7.68. The number of urea groups is 1. The summed E-state index contributed by atoms with van der Waals surface area (Å²) < 4.78 is 28.6. The zero-order chi connectivity index (χ0) is 21.0. The Bertz CT molecular complexity index is 785. The van der Waals surface area contributed by atoms with Gasteiger partial charge >= 0.3 is 6.03 Å². The van der Waals surface area contributed by atoms with Gasteiger partial charge in [0.25, 0.3) is 0 Å². The van der Waals surface area contributed by atoms with E-state index in [1.54, 1.807) is 0 Å². The minimum Gasteiger partial charge on any atom is -0.320 e. The zero-order valence-electron chi connectivity index (χ0n) is 17.3. The summed E-state index contributed by atoms with van der Waals surface area (Å²) in [5, 5.41) is -0.421. The van der Waals surface area contributed by atoms with Gasteiger partial charge in [0.2, 0.25) is 15.9 Å². The van der Waals surface area contributed by atoms with E-state index in [1.807, 2.05) is 11.8 Å². The number of carbonyl (C=O) groups is 2. The fraction of sp³-hybridized carbons (Fsp3) is 0.900. The highest BCUT2D eigenvalue weighted by Gasteiger charge is 2.51. The smallest absolute Gasteiger partial charge is 0.320 e. The van der Waals surface area contributed by atoms with Crippen LogP contribution in [0.3, 0.4) is 0 Å². The third-order valence-electron chi connectivity index (χ3n) is 7.35. The first-order valence-corrected chi connectivity index (χ1v) is 12.8. The average molecular weight is 446 g/mol. The number of imide groups is 1. The van der Waals surface area contributed by atoms with E-state index < -0.39 is 21.2 Å². The monoisotopic (exact) mass is 445 g/mol. The Hall–Kier alpha value is -0.860. The van der Waals surface area contributed by atoms with Crippen LogP contribution in [-0.2, 0) is 14.8 Å². The molecular formula is C20H32ClN3O4S. The molecule has 164 valence electrons. The van der Waals surface area contributed by atoms with Gasteiger partial charge < -0.3 is 4.90 Å². The molecule has 0 radical (unpaired) electrons. The standard InChI is InChI=1S/C20H32ClN3O4S/c1-20(8-9-20)22-29(27,28)15-6-7-17-16(11-15)18(25)23(2)19(26)24(17)12-13-4-3-5-14(21)10-13/h13-17,22H,3-12H2,1-2H3. The van der Waals surface area contributed by atoms with Crippen LogP contribution in [0.4, 0.5) is 4.79 Å². The summed E-state index contributed by atoms with van der Waals surface area (Å²) >= 11 is 6.34. The van der Waals surface area contributed by atoms with Gasteiger partial charge in [0.1, 0.15) is 0 Å². The quantitative estimate of drug-likeness (QED) is 0.659. The van der Waals surface area contributed by atoms with Crippen molar-refractivity contribution in [1.29, 1.82) is 0 Å². The summed E-state index contributed by atoms with van der Waals surface area (Å²) in [6, 6.07) is -0.456. The summed E-state index contributed by atoms with van der Waals surface area (Å²) in [6.45, 7) is 2.53. The number of carbonyl (C=O) groups excluding carboxylic acids is 2. The van der Waals surface area contributed by atoms with Gasteiger partial charge in [-0.25, -0.2) is 17.9 Å². The van der Waals surface area contributed by atoms with Crippen LogP contribution in [0.25, 0.3) is 0 Å². The molecule has 3 amide bonds. The lowest BCUT2D eigenvalue weighted by molar-refractivity contribution is -0.139. The summed E-state index contributed by atoms with van der Waals surface area (Å²) in [6.07, 6.45) is 7.05. The summed E-state index contributed by atoms with van der Waals surface area (Å²) in [5.41, 5.74) is -0.315. The summed E-state index contributed by atoms with van der Waals surface area (Å²) in [5.74, 6) is -0.349. The number of nitrogens with zero attached hydrogens (tertiary/aromatic N) is 2. The van der Waals surface area contributed by atoms with Crippen LogP contribution in [0, 0.1) is 11.8 Å². The lowest BCUT2D eigenvalue weighted by Gasteiger charge is -2.48. The van der Waals surface area contributed by atoms with Crippen molar-refractivity contribution in [2.24, 2.45) is 11.8 Å². The molecule has 1 saturated heterocycles. The first kappa shape index (κ1) is 21.4. The van der Waals surface area contributed by atoms with E-state index in [-0.39, 0.29) is 35.3 Å². The normalized spacial score (nSPS) is 37.4. The largest absolute Gasteiger partial charge is 0.326 e. The topological polar surface area (TPSA) is 86.8 Å². The SMILES string of the molecule is CN1C(=O)C2CC(S(=O)(=O)NC3(C)CC3)CCC2N(CC2CCCC(Cl)C2)C1=O. The van der Waals surface area contributed by atoms with Crippen molar-refractivity contribution in [2.75, 3.05) is 13.6 Å². The molecular weight excluding hydrogens is 414 g/mol. The van der Waals surface area contributed by atoms with Crippen molar-refractivity contribution in [3.63, 3.8) is 0 Å². The molecule has 4 rings (SSSR count). The molecule has 1 N–H and O–H groups in total. The molecule has 1 aliphatic heterocycles. The maximum atomic E-state index is 12.9. The van der Waals surface area contributed by atoms with Gasteiger partial charge in [0, 0.05) is 30.6 Å². The second kappa shape index (κ2) is 7.68. The Morgan fingerprint density at radius 2 is 1.86 bits per heavy atom. The molecule has 7 nitrogen and oxygen atoms in total. The van der Waals surface area contributed by atoms with E-state index >= 15 is 0 Å². The van der Waals surface area contributed by atoms with Crippen molar-refractivity contribution in [3.8, 4) is 0 Å². The molecule has 1 heterocycles. The van der Waals surface area contributed by atoms with Gasteiger partial charge in [-0.3, -0.25) is 9.69 Å². The number of amides is 3. The van der Waals surface area contributed by atoms with Gasteiger partial charge in [-0.15, -0.1) is 11.6 Å². The number of nitrogens with one attached hydrogen (secondary N) is 1. The van der Waals surface area contributed by atoms with Crippen LogP contribution in [0.5, 0.6) is 0 Å². The molecule has 0 spiro atoms. The number of hydrogen-bond acceptors (Lipinski definition) is 4. The number of alkyl halides is 1. The molecule has 4 aliphatic rings. The maximum Gasteiger partial charge on any atom is 0.326 e. The number of hydrogen-bond donors (Lipinski definition) is 1. The first-order chi connectivity index (χ1) is 13.6. The van der Waals surface area contributed by atoms with E-state index in [9.17, 15) is 18.0 Å². The Morgan fingerprint density at radius 1 is 1.14 bits per heavy atom. The van der Waals surface area contributed by atoms with E-state index in [0.717, 1.165) is 38.5 Å². The van der Waals surface area contributed by atoms with Crippen molar-refractivity contribution in [2.45, 2.75) is 86.9 Å². The summed E-state index contributed by atoms with van der Waals surface area (Å²) in [4.78, 5) is 28.8. The third kappa shape index (κ3) is 4.30. The number of fused-ring (bicyclic) bond motifs is 1. The van der Waals surface area contributed by atoms with E-state index in [4.69, 9.17) is 11.6 Å². The molecule has 5 unspecified atom stereocenters. The Kier molecular flexibility index (Phi) is 5.66. The lowest BCUT2D eigenvalue weighted by Crippen LogP contribution is -2.64. The third-order valence-corrected chi connectivity index (χ3v) is 9.83. The molecule has 0 aromatic rings. The van der Waals surface area contributed by atoms with Gasteiger partial charge in [-0.1, -0.05) is 6.42 Å². The van der Waals surface area contributed by atoms with Crippen LogP contribution >= 0.6 is 11.6 Å². The van der Waals surface area contributed by atoms with Gasteiger partial charge in [-0.2, -0.15) is 0 Å². The molecule has 3 saturated carbocycles. The predicted molar refractivity (Wildman–Crippen MR) is 111 cm³/mol. The molecule has 9 heteroatoms. The Balaban J connectivity index is 1.49. The Morgan fingerprint density at radius 3 is 2.52 bits per heavy atom. The number of sulfonamides is 1. The van der Waals surface area contributed by atoms with Crippen molar-refractivity contribution < 1.29 is 18.0 Å². The molecule has 0 aromatic heterocycles. The minimum absolute atomic E-state index is 0.152. The average Bonchev–Trinajstić information content (AvgIpc) is 3.39. The number of rotatable bonds is 5. The second-order valence-corrected chi connectivity index (χ2v) is 12.4. The minimum atomic E-state index is -3.48. The van der Waals surface area contributed by atoms with Crippen LogP contribution < -0.4 is 4.72 Å². The van der Waals surface area contributed by atoms with Crippen LogP contribution in [0.1, 0.15) is 64.7 Å². The lowest BCUT2D eigenvalue weighted by atomic mass is 9.80. The van der Waals surface area contributed by atoms with Crippen LogP contribution in [0.15, 0.2) is 0 Å². The highest BCUT2D eigenvalue weighted by atomic mass is 35.5. The number of halogens is 1. The van der Waals surface area contributed by atoms with Crippen molar-refractivity contribution in [3.05, 3.63) is 0 Å². The van der Waals surface area contributed by atoms with E-state index in [0.29, 0.717) is 25.3 Å². The van der Waals surface area contributed by atoms with E-state index in [1.165, 1.54) is 11.9 Å². The summed E-state index contributed by atoms with van der Waals surface area (Å²) in [7, 11) is -1.96. The molecule has 4 fully saturated rings. The fourth-order valence-electron chi connectivity index (χ4n) is 5.31. The van der Waals surface area contributed by atoms with Crippen molar-refractivity contribution >= 4 is 33.6 Å². The highest BCUT2D eigenvalue weighted by molar-refractivity contribution is 7.90. The predicted octanol–water partition coefficient (Wildman–Crippen LogP) is 2.69. The molecule has 3 aliphatic carbocycles. The van der Waals surface area contributed by atoms with Gasteiger partial charge in [-0.05, 0) is 64.2 Å². The molecule has 0 aromatic carbocycles. The Labute approximate surface area is 178 Å². The first-order valence-electron chi connectivity index (χ1n) is 10.8. The molecule has 0 bridgehead atoms.